The maximum Gasteiger partial charge on any atom is 0.105 e. The lowest BCUT2D eigenvalue weighted by molar-refractivity contribution is 0.193. The summed E-state index contributed by atoms with van der Waals surface area (Å²) < 4.78 is 1.76. The van der Waals surface area contributed by atoms with Crippen LogP contribution in [0, 0.1) is 0 Å². The van der Waals surface area contributed by atoms with E-state index in [1.165, 1.54) is 32.1 Å². The third-order valence-electron chi connectivity index (χ3n) is 3.24. The molecule has 1 saturated carbocycles. The van der Waals surface area contributed by atoms with Gasteiger partial charge in [0.15, 0.2) is 0 Å². The van der Waals surface area contributed by atoms with Crippen LogP contribution >= 0.6 is 11.8 Å². The Labute approximate surface area is 101 Å². The van der Waals surface area contributed by atoms with Gasteiger partial charge in [-0.25, -0.2) is 0 Å². The number of thioether (sulfide) groups is 1. The van der Waals surface area contributed by atoms with Crippen molar-refractivity contribution in [3.63, 3.8) is 0 Å². The zero-order valence-electron chi connectivity index (χ0n) is 9.80. The standard InChI is InChI=1S/C12H20N2OS/c1-14-11(7-8-13-14)12(15)9-16-10-5-3-2-4-6-10/h7-8,10,12,15H,2-6,9H2,1H3. The van der Waals surface area contributed by atoms with Gasteiger partial charge in [0, 0.05) is 24.2 Å². The molecule has 1 N–H and O–H groups in total. The molecule has 3 nitrogen and oxygen atoms in total. The minimum atomic E-state index is -0.376. The van der Waals surface area contributed by atoms with E-state index in [1.54, 1.807) is 10.9 Å². The lowest BCUT2D eigenvalue weighted by Crippen LogP contribution is -2.13. The van der Waals surface area contributed by atoms with Crippen LogP contribution in [-0.2, 0) is 7.05 Å². The third-order valence-corrected chi connectivity index (χ3v) is 4.69. The van der Waals surface area contributed by atoms with E-state index in [2.05, 4.69) is 5.10 Å². The van der Waals surface area contributed by atoms with E-state index in [-0.39, 0.29) is 6.10 Å². The summed E-state index contributed by atoms with van der Waals surface area (Å²) in [5, 5.41) is 14.9. The Morgan fingerprint density at radius 2 is 2.25 bits per heavy atom. The molecule has 0 saturated heterocycles. The van der Waals surface area contributed by atoms with E-state index < -0.39 is 0 Å². The van der Waals surface area contributed by atoms with E-state index in [9.17, 15) is 5.11 Å². The summed E-state index contributed by atoms with van der Waals surface area (Å²) in [5.41, 5.74) is 0.920. The first-order valence-electron chi connectivity index (χ1n) is 6.05. The van der Waals surface area contributed by atoms with Crippen molar-refractivity contribution in [1.82, 2.24) is 9.78 Å². The average Bonchev–Trinajstić information content (AvgIpc) is 2.74. The van der Waals surface area contributed by atoms with Crippen LogP contribution in [0.3, 0.4) is 0 Å². The minimum Gasteiger partial charge on any atom is -0.386 e. The van der Waals surface area contributed by atoms with Gasteiger partial charge >= 0.3 is 0 Å². The minimum absolute atomic E-state index is 0.376. The van der Waals surface area contributed by atoms with Gasteiger partial charge in [-0.2, -0.15) is 16.9 Å². The van der Waals surface area contributed by atoms with Gasteiger partial charge in [-0.05, 0) is 18.9 Å². The molecule has 1 fully saturated rings. The first-order chi connectivity index (χ1) is 7.77. The molecule has 1 aliphatic rings. The molecule has 1 aromatic heterocycles. The zero-order chi connectivity index (χ0) is 11.4. The summed E-state index contributed by atoms with van der Waals surface area (Å²) >= 11 is 1.92. The van der Waals surface area contributed by atoms with E-state index in [1.807, 2.05) is 24.9 Å². The second-order valence-corrected chi connectivity index (χ2v) is 5.82. The van der Waals surface area contributed by atoms with Crippen LogP contribution in [0.5, 0.6) is 0 Å². The summed E-state index contributed by atoms with van der Waals surface area (Å²) in [6.45, 7) is 0. The predicted molar refractivity (Wildman–Crippen MR) is 67.5 cm³/mol. The van der Waals surface area contributed by atoms with Crippen LogP contribution in [0.2, 0.25) is 0 Å². The first-order valence-corrected chi connectivity index (χ1v) is 7.10. The quantitative estimate of drug-likeness (QED) is 0.879. The summed E-state index contributed by atoms with van der Waals surface area (Å²) in [6, 6.07) is 1.89. The van der Waals surface area contributed by atoms with Crippen molar-refractivity contribution >= 4 is 11.8 Å². The van der Waals surface area contributed by atoms with Crippen molar-refractivity contribution in [3.8, 4) is 0 Å². The van der Waals surface area contributed by atoms with Gasteiger partial charge in [0.05, 0.1) is 5.69 Å². The summed E-state index contributed by atoms with van der Waals surface area (Å²) in [6.07, 6.45) is 8.12. The summed E-state index contributed by atoms with van der Waals surface area (Å²) in [4.78, 5) is 0. The van der Waals surface area contributed by atoms with Crippen LogP contribution in [0.15, 0.2) is 12.3 Å². The van der Waals surface area contributed by atoms with Crippen molar-refractivity contribution < 1.29 is 5.11 Å². The molecule has 1 unspecified atom stereocenters. The van der Waals surface area contributed by atoms with Crippen molar-refractivity contribution in [1.29, 1.82) is 0 Å². The van der Waals surface area contributed by atoms with Gasteiger partial charge < -0.3 is 5.11 Å². The number of aliphatic hydroxyl groups is 1. The van der Waals surface area contributed by atoms with E-state index in [0.29, 0.717) is 0 Å². The average molecular weight is 240 g/mol. The van der Waals surface area contributed by atoms with Gasteiger partial charge in [-0.3, -0.25) is 4.68 Å². The molecule has 0 radical (unpaired) electrons. The molecule has 0 bridgehead atoms. The monoisotopic (exact) mass is 240 g/mol. The molecule has 1 aliphatic carbocycles. The fourth-order valence-electron chi connectivity index (χ4n) is 2.26. The highest BCUT2D eigenvalue weighted by Gasteiger charge is 2.17. The number of nitrogens with zero attached hydrogens (tertiary/aromatic N) is 2. The van der Waals surface area contributed by atoms with Crippen molar-refractivity contribution in [3.05, 3.63) is 18.0 Å². The molecule has 4 heteroatoms. The maximum atomic E-state index is 10.0. The summed E-state index contributed by atoms with van der Waals surface area (Å²) in [5.74, 6) is 0.796. The highest BCUT2D eigenvalue weighted by atomic mass is 32.2. The molecule has 2 rings (SSSR count). The highest BCUT2D eigenvalue weighted by Crippen LogP contribution is 2.30. The Hall–Kier alpha value is -0.480. The molecule has 90 valence electrons. The molecular formula is C12H20N2OS. The number of aryl methyl sites for hydroxylation is 1. The highest BCUT2D eigenvalue weighted by molar-refractivity contribution is 7.99. The molecule has 1 aromatic rings. The maximum absolute atomic E-state index is 10.0. The first kappa shape index (κ1) is 12.0. The molecule has 1 heterocycles. The Kier molecular flexibility index (Phi) is 4.29. The van der Waals surface area contributed by atoms with E-state index >= 15 is 0 Å². The Balaban J connectivity index is 1.79. The fourth-order valence-corrected chi connectivity index (χ4v) is 3.55. The molecule has 0 spiro atoms. The second-order valence-electron chi connectivity index (χ2n) is 4.49. The normalized spacial score (nSPS) is 19.9. The number of rotatable bonds is 4. The Morgan fingerprint density at radius 3 is 2.88 bits per heavy atom. The third kappa shape index (κ3) is 3.01. The molecule has 0 aromatic carbocycles. The van der Waals surface area contributed by atoms with Gasteiger partial charge in [0.1, 0.15) is 6.10 Å². The van der Waals surface area contributed by atoms with Crippen molar-refractivity contribution in [2.24, 2.45) is 7.05 Å². The second kappa shape index (κ2) is 5.73. The lowest BCUT2D eigenvalue weighted by atomic mass is 10.0. The largest absolute Gasteiger partial charge is 0.386 e. The van der Waals surface area contributed by atoms with Crippen molar-refractivity contribution in [2.45, 2.75) is 43.5 Å². The number of aromatic nitrogens is 2. The Morgan fingerprint density at radius 1 is 1.50 bits per heavy atom. The van der Waals surface area contributed by atoms with Crippen LogP contribution in [0.25, 0.3) is 0 Å². The number of hydrogen-bond acceptors (Lipinski definition) is 3. The van der Waals surface area contributed by atoms with Crippen LogP contribution in [0.1, 0.15) is 43.9 Å². The van der Waals surface area contributed by atoms with Gasteiger partial charge in [0.25, 0.3) is 0 Å². The fraction of sp³-hybridized carbons (Fsp3) is 0.750. The molecular weight excluding hydrogens is 220 g/mol. The van der Waals surface area contributed by atoms with Crippen molar-refractivity contribution in [2.75, 3.05) is 5.75 Å². The van der Waals surface area contributed by atoms with Gasteiger partial charge in [0.2, 0.25) is 0 Å². The van der Waals surface area contributed by atoms with Crippen LogP contribution in [0.4, 0.5) is 0 Å². The number of aliphatic hydroxyl groups excluding tert-OH is 1. The molecule has 16 heavy (non-hydrogen) atoms. The molecule has 0 amide bonds. The smallest absolute Gasteiger partial charge is 0.105 e. The lowest BCUT2D eigenvalue weighted by Gasteiger charge is -2.22. The summed E-state index contributed by atoms with van der Waals surface area (Å²) in [7, 11) is 1.88. The topological polar surface area (TPSA) is 38.0 Å². The zero-order valence-corrected chi connectivity index (χ0v) is 10.6. The number of hydrogen-bond donors (Lipinski definition) is 1. The van der Waals surface area contributed by atoms with Crippen LogP contribution in [-0.4, -0.2) is 25.9 Å². The molecule has 1 atom stereocenters. The van der Waals surface area contributed by atoms with Gasteiger partial charge in [-0.15, -0.1) is 0 Å². The Bertz CT molecular complexity index is 321. The van der Waals surface area contributed by atoms with Crippen LogP contribution < -0.4 is 0 Å². The SMILES string of the molecule is Cn1nccc1C(O)CSC1CCCCC1. The van der Waals surface area contributed by atoms with E-state index in [0.717, 1.165) is 16.7 Å². The van der Waals surface area contributed by atoms with E-state index in [4.69, 9.17) is 0 Å². The van der Waals surface area contributed by atoms with Gasteiger partial charge in [-0.1, -0.05) is 19.3 Å². The predicted octanol–water partition coefficient (Wildman–Crippen LogP) is 2.52. The molecule has 0 aliphatic heterocycles.